The number of hydrogen-bond acceptors (Lipinski definition) is 1. The quantitative estimate of drug-likeness (QED) is 0.164. The van der Waals surface area contributed by atoms with Gasteiger partial charge in [-0.1, -0.05) is 133 Å². The molecule has 0 N–H and O–H groups in total. The Morgan fingerprint density at radius 2 is 0.705 bits per heavy atom. The highest BCUT2D eigenvalue weighted by Gasteiger charge is 2.18. The maximum atomic E-state index is 2.44. The molecule has 0 aliphatic rings. The lowest BCUT2D eigenvalue weighted by Crippen LogP contribution is -1.94. The second-order valence-corrected chi connectivity index (χ2v) is 17.2. The Morgan fingerprint density at radius 3 is 1.41 bits per heavy atom. The van der Waals surface area contributed by atoms with Gasteiger partial charge in [0, 0.05) is 53.1 Å². The average molecular weight is 793 g/mol. The first-order chi connectivity index (χ1) is 30.2. The summed E-state index contributed by atoms with van der Waals surface area (Å²) < 4.78 is 7.47. The van der Waals surface area contributed by atoms with Crippen molar-refractivity contribution < 1.29 is 0 Å². The number of hydrogen-bond donors (Lipinski definition) is 0. The van der Waals surface area contributed by atoms with Gasteiger partial charge in [0.25, 0.3) is 0 Å². The second kappa shape index (κ2) is 13.4. The normalized spacial score (nSPS) is 11.9. The van der Waals surface area contributed by atoms with E-state index in [1.54, 1.807) is 0 Å². The van der Waals surface area contributed by atoms with Crippen LogP contribution in [0, 0.1) is 0 Å². The molecule has 10 aromatic carbocycles. The summed E-state index contributed by atoms with van der Waals surface area (Å²) in [6.07, 6.45) is 0. The van der Waals surface area contributed by atoms with Crippen molar-refractivity contribution in [2.75, 3.05) is 0 Å². The molecule has 0 spiro atoms. The zero-order chi connectivity index (χ0) is 40.0. The van der Waals surface area contributed by atoms with E-state index in [0.29, 0.717) is 0 Å². The Balaban J connectivity index is 0.984. The number of nitrogens with zero attached hydrogens (tertiary/aromatic N) is 2. The van der Waals surface area contributed by atoms with Gasteiger partial charge >= 0.3 is 0 Å². The van der Waals surface area contributed by atoms with E-state index in [1.165, 1.54) is 114 Å². The Kier molecular flexibility index (Phi) is 7.51. The maximum Gasteiger partial charge on any atom is 0.0541 e. The van der Waals surface area contributed by atoms with Gasteiger partial charge < -0.3 is 9.13 Å². The van der Waals surface area contributed by atoms with Gasteiger partial charge in [-0.25, -0.2) is 0 Å². The van der Waals surface area contributed by atoms with E-state index in [4.69, 9.17) is 0 Å². The standard InChI is InChI=1S/C58H36N2S/c1-2-12-45(13-3-1)59-53-16-8-6-14-47(53)50-33-41(23-29-54(50)59)42-24-30-55-51(34-42)52-35-43(44-22-28-49-48-15-7-9-17-57(48)61-58(49)36-44)25-31-56(52)60(55)46-26-20-38(21-27-46)40-19-18-37-10-4-5-11-39(37)32-40/h1-36H. The molecule has 0 bridgehead atoms. The highest BCUT2D eigenvalue weighted by atomic mass is 32.1. The topological polar surface area (TPSA) is 9.86 Å². The smallest absolute Gasteiger partial charge is 0.0541 e. The molecule has 0 saturated heterocycles. The van der Waals surface area contributed by atoms with Gasteiger partial charge in [0.05, 0.1) is 22.1 Å². The van der Waals surface area contributed by atoms with Crippen molar-refractivity contribution in [3.8, 4) is 44.8 Å². The van der Waals surface area contributed by atoms with Crippen molar-refractivity contribution in [2.24, 2.45) is 0 Å². The molecule has 0 radical (unpaired) electrons. The van der Waals surface area contributed by atoms with E-state index < -0.39 is 0 Å². The number of rotatable bonds is 5. The van der Waals surface area contributed by atoms with Crippen molar-refractivity contribution >= 4 is 85.9 Å². The third-order valence-corrected chi connectivity index (χ3v) is 13.8. The molecule has 0 saturated carbocycles. The summed E-state index contributed by atoms with van der Waals surface area (Å²) in [5.74, 6) is 0. The van der Waals surface area contributed by atoms with Crippen LogP contribution in [0.25, 0.3) is 119 Å². The number of benzene rings is 10. The molecule has 0 unspecified atom stereocenters. The van der Waals surface area contributed by atoms with Crippen LogP contribution in [0.15, 0.2) is 218 Å². The lowest BCUT2D eigenvalue weighted by molar-refractivity contribution is 1.18. The van der Waals surface area contributed by atoms with Crippen molar-refractivity contribution in [1.82, 2.24) is 9.13 Å². The van der Waals surface area contributed by atoms with Crippen LogP contribution in [-0.2, 0) is 0 Å². The van der Waals surface area contributed by atoms with Crippen LogP contribution in [0.3, 0.4) is 0 Å². The molecule has 3 heterocycles. The molecule has 0 aliphatic carbocycles. The minimum Gasteiger partial charge on any atom is -0.309 e. The SMILES string of the molecule is c1ccc(-n2c3ccccc3c3cc(-c4ccc5c(c4)c4cc(-c6ccc7c(c6)sc6ccccc67)ccc4n5-c4ccc(-c5ccc6ccccc6c5)cc4)ccc32)cc1. The highest BCUT2D eigenvalue weighted by molar-refractivity contribution is 7.25. The summed E-state index contributed by atoms with van der Waals surface area (Å²) in [4.78, 5) is 0. The Morgan fingerprint density at radius 1 is 0.246 bits per heavy atom. The van der Waals surface area contributed by atoms with Gasteiger partial charge in [-0.3, -0.25) is 0 Å². The third-order valence-electron chi connectivity index (χ3n) is 12.7. The molecule has 3 heteroatoms. The minimum atomic E-state index is 1.15. The predicted octanol–water partition coefficient (Wildman–Crippen LogP) is 16.4. The minimum absolute atomic E-state index is 1.15. The monoisotopic (exact) mass is 792 g/mol. The van der Waals surface area contributed by atoms with E-state index in [9.17, 15) is 0 Å². The Labute approximate surface area is 356 Å². The Bertz CT molecular complexity index is 3860. The number of thiophene rings is 1. The lowest BCUT2D eigenvalue weighted by Gasteiger charge is -2.11. The van der Waals surface area contributed by atoms with Crippen LogP contribution < -0.4 is 0 Å². The molecule has 0 amide bonds. The molecule has 3 aromatic heterocycles. The van der Waals surface area contributed by atoms with Gasteiger partial charge in [-0.15, -0.1) is 11.3 Å². The van der Waals surface area contributed by atoms with Crippen molar-refractivity contribution in [2.45, 2.75) is 0 Å². The van der Waals surface area contributed by atoms with E-state index in [0.717, 1.165) is 5.69 Å². The molecule has 61 heavy (non-hydrogen) atoms. The summed E-state index contributed by atoms with van der Waals surface area (Å²) in [6, 6.07) is 80.6. The van der Waals surface area contributed by atoms with Crippen LogP contribution in [0.2, 0.25) is 0 Å². The molecule has 0 fully saturated rings. The molecule has 0 aliphatic heterocycles. The first-order valence-corrected chi connectivity index (χ1v) is 21.7. The first-order valence-electron chi connectivity index (χ1n) is 20.9. The van der Waals surface area contributed by atoms with Gasteiger partial charge in [-0.2, -0.15) is 0 Å². The average Bonchev–Trinajstić information content (AvgIpc) is 3.98. The number of fused-ring (bicyclic) bond motifs is 10. The fourth-order valence-electron chi connectivity index (χ4n) is 9.75. The number of para-hydroxylation sites is 2. The van der Waals surface area contributed by atoms with Crippen LogP contribution in [-0.4, -0.2) is 9.13 Å². The zero-order valence-electron chi connectivity index (χ0n) is 33.1. The second-order valence-electron chi connectivity index (χ2n) is 16.1. The molecule has 0 atom stereocenters. The summed E-state index contributed by atoms with van der Waals surface area (Å²) in [5, 5.41) is 10.2. The predicted molar refractivity (Wildman–Crippen MR) is 262 cm³/mol. The molecule has 13 rings (SSSR count). The largest absolute Gasteiger partial charge is 0.309 e. The van der Waals surface area contributed by atoms with E-state index in [2.05, 4.69) is 228 Å². The Hall–Kier alpha value is -7.72. The van der Waals surface area contributed by atoms with Gasteiger partial charge in [-0.05, 0) is 129 Å². The van der Waals surface area contributed by atoms with Crippen LogP contribution in [0.1, 0.15) is 0 Å². The van der Waals surface area contributed by atoms with Crippen molar-refractivity contribution in [3.63, 3.8) is 0 Å². The summed E-state index contributed by atoms with van der Waals surface area (Å²) in [5.41, 5.74) is 14.4. The summed E-state index contributed by atoms with van der Waals surface area (Å²) in [6.45, 7) is 0. The van der Waals surface area contributed by atoms with Gasteiger partial charge in [0.2, 0.25) is 0 Å². The highest BCUT2D eigenvalue weighted by Crippen LogP contribution is 2.41. The molecule has 284 valence electrons. The molecular weight excluding hydrogens is 757 g/mol. The maximum absolute atomic E-state index is 2.44. The van der Waals surface area contributed by atoms with Gasteiger partial charge in [0.15, 0.2) is 0 Å². The summed E-state index contributed by atoms with van der Waals surface area (Å²) >= 11 is 1.87. The number of aromatic nitrogens is 2. The fraction of sp³-hybridized carbons (Fsp3) is 0. The lowest BCUT2D eigenvalue weighted by atomic mass is 9.99. The van der Waals surface area contributed by atoms with E-state index in [-0.39, 0.29) is 0 Å². The third kappa shape index (κ3) is 5.41. The van der Waals surface area contributed by atoms with Crippen molar-refractivity contribution in [1.29, 1.82) is 0 Å². The van der Waals surface area contributed by atoms with Gasteiger partial charge in [0.1, 0.15) is 0 Å². The molecular formula is C58H36N2S. The first kappa shape index (κ1) is 34.2. The van der Waals surface area contributed by atoms with Crippen LogP contribution in [0.4, 0.5) is 0 Å². The summed E-state index contributed by atoms with van der Waals surface area (Å²) in [7, 11) is 0. The molecule has 13 aromatic rings. The van der Waals surface area contributed by atoms with Crippen molar-refractivity contribution in [3.05, 3.63) is 218 Å². The zero-order valence-corrected chi connectivity index (χ0v) is 33.9. The van der Waals surface area contributed by atoms with Crippen LogP contribution >= 0.6 is 11.3 Å². The van der Waals surface area contributed by atoms with E-state index in [1.807, 2.05) is 11.3 Å². The fourth-order valence-corrected chi connectivity index (χ4v) is 10.9. The molecule has 2 nitrogen and oxygen atoms in total. The van der Waals surface area contributed by atoms with E-state index >= 15 is 0 Å². The van der Waals surface area contributed by atoms with Crippen LogP contribution in [0.5, 0.6) is 0 Å².